The molecule has 1 saturated heterocycles. The number of methoxy groups -OCH3 is 1. The number of aryl methyl sites for hydroxylation is 2. The van der Waals surface area contributed by atoms with Crippen LogP contribution >= 0.6 is 23.4 Å². The maximum Gasteiger partial charge on any atom is 0.294 e. The first kappa shape index (κ1) is 24.6. The van der Waals surface area contributed by atoms with Crippen LogP contribution in [0, 0.1) is 20.8 Å². The molecular weight excluding hydrogens is 486 g/mol. The summed E-state index contributed by atoms with van der Waals surface area (Å²) < 4.78 is 7.17. The molecule has 0 aliphatic carbocycles. The summed E-state index contributed by atoms with van der Waals surface area (Å²) in [7, 11) is 1.55. The lowest BCUT2D eigenvalue weighted by Crippen LogP contribution is -2.36. The van der Waals surface area contributed by atoms with Gasteiger partial charge in [-0.2, -0.15) is 0 Å². The molecule has 4 rings (SSSR count). The third-order valence-corrected chi connectivity index (χ3v) is 6.86. The van der Waals surface area contributed by atoms with Gasteiger partial charge >= 0.3 is 0 Å². The molecule has 1 aliphatic rings. The van der Waals surface area contributed by atoms with E-state index in [1.165, 1.54) is 0 Å². The number of hydrogen-bond acceptors (Lipinski definition) is 5. The molecule has 2 heterocycles. The van der Waals surface area contributed by atoms with Crippen molar-refractivity contribution in [1.29, 1.82) is 0 Å². The average Bonchev–Trinajstić information content (AvgIpc) is 3.25. The van der Waals surface area contributed by atoms with Crippen LogP contribution in [0.1, 0.15) is 22.5 Å². The Morgan fingerprint density at radius 3 is 2.49 bits per heavy atom. The molecular formula is C26H24ClN3O4S. The van der Waals surface area contributed by atoms with Gasteiger partial charge < -0.3 is 14.6 Å². The van der Waals surface area contributed by atoms with Crippen LogP contribution < -0.4 is 10.1 Å². The number of aromatic nitrogens is 1. The van der Waals surface area contributed by atoms with E-state index in [-0.39, 0.29) is 11.4 Å². The molecule has 0 atom stereocenters. The molecule has 0 saturated carbocycles. The fourth-order valence-electron chi connectivity index (χ4n) is 3.92. The van der Waals surface area contributed by atoms with E-state index in [2.05, 4.69) is 9.88 Å². The summed E-state index contributed by atoms with van der Waals surface area (Å²) in [6.07, 6.45) is 1.70. The van der Waals surface area contributed by atoms with Crippen molar-refractivity contribution < 1.29 is 19.1 Å². The molecule has 3 aromatic rings. The monoisotopic (exact) mass is 509 g/mol. The van der Waals surface area contributed by atoms with Gasteiger partial charge in [-0.05, 0) is 92.2 Å². The number of nitrogens with zero attached hydrogens (tertiary/aromatic N) is 2. The van der Waals surface area contributed by atoms with Crippen molar-refractivity contribution >= 4 is 52.2 Å². The van der Waals surface area contributed by atoms with Crippen molar-refractivity contribution in [3.8, 4) is 11.4 Å². The molecule has 2 aromatic carbocycles. The highest BCUT2D eigenvalue weighted by Crippen LogP contribution is 2.34. The maximum atomic E-state index is 13.0. The van der Waals surface area contributed by atoms with Crippen molar-refractivity contribution in [2.24, 2.45) is 0 Å². The smallest absolute Gasteiger partial charge is 0.294 e. The second-order valence-corrected chi connectivity index (χ2v) is 9.57. The molecule has 1 N–H and O–H groups in total. The molecule has 0 spiro atoms. The summed E-state index contributed by atoms with van der Waals surface area (Å²) in [5.41, 5.74) is 5.26. The van der Waals surface area contributed by atoms with E-state index in [4.69, 9.17) is 16.3 Å². The van der Waals surface area contributed by atoms with Crippen molar-refractivity contribution in [3.63, 3.8) is 0 Å². The molecule has 0 bridgehead atoms. The number of nitrogens with one attached hydrogen (secondary N) is 1. The van der Waals surface area contributed by atoms with Crippen molar-refractivity contribution in [1.82, 2.24) is 9.47 Å². The summed E-state index contributed by atoms with van der Waals surface area (Å²) in [6.45, 7) is 5.56. The van der Waals surface area contributed by atoms with Crippen LogP contribution in [-0.4, -0.2) is 40.2 Å². The lowest BCUT2D eigenvalue weighted by Gasteiger charge is -2.13. The molecule has 7 nitrogen and oxygen atoms in total. The van der Waals surface area contributed by atoms with Crippen LogP contribution in [-0.2, 0) is 9.59 Å². The van der Waals surface area contributed by atoms with Crippen molar-refractivity contribution in [2.75, 3.05) is 19.0 Å². The minimum absolute atomic E-state index is 0.273. The van der Waals surface area contributed by atoms with Gasteiger partial charge in [0.2, 0.25) is 5.91 Å². The van der Waals surface area contributed by atoms with Gasteiger partial charge in [-0.1, -0.05) is 17.7 Å². The number of thioether (sulfide) groups is 1. The van der Waals surface area contributed by atoms with E-state index in [1.807, 2.05) is 45.0 Å². The van der Waals surface area contributed by atoms with Gasteiger partial charge in [0.25, 0.3) is 11.1 Å². The highest BCUT2D eigenvalue weighted by Gasteiger charge is 2.36. The maximum absolute atomic E-state index is 13.0. The first-order chi connectivity index (χ1) is 16.7. The van der Waals surface area contributed by atoms with E-state index in [0.29, 0.717) is 16.5 Å². The zero-order valence-corrected chi connectivity index (χ0v) is 21.3. The van der Waals surface area contributed by atoms with Crippen molar-refractivity contribution in [3.05, 3.63) is 81.0 Å². The molecule has 3 amide bonds. The quantitative estimate of drug-likeness (QED) is 0.428. The van der Waals surface area contributed by atoms with E-state index in [0.717, 1.165) is 44.9 Å². The Labute approximate surface area is 212 Å². The van der Waals surface area contributed by atoms with Gasteiger partial charge in [-0.3, -0.25) is 19.3 Å². The Balaban J connectivity index is 1.53. The Hall–Kier alpha value is -3.49. The molecule has 0 unspecified atom stereocenters. The number of carbonyl (C=O) groups excluding carboxylic acids is 3. The zero-order chi connectivity index (χ0) is 25.3. The summed E-state index contributed by atoms with van der Waals surface area (Å²) in [4.78, 5) is 39.2. The Kier molecular flexibility index (Phi) is 7.05. The number of imide groups is 1. The van der Waals surface area contributed by atoms with Gasteiger partial charge in [-0.25, -0.2) is 0 Å². The van der Waals surface area contributed by atoms with Crippen molar-refractivity contribution in [2.45, 2.75) is 20.8 Å². The first-order valence-corrected chi connectivity index (χ1v) is 12.0. The number of amides is 3. The average molecular weight is 510 g/mol. The van der Waals surface area contributed by atoms with Crippen LogP contribution in [0.4, 0.5) is 10.5 Å². The minimum Gasteiger partial charge on any atom is -0.497 e. The lowest BCUT2D eigenvalue weighted by atomic mass is 10.2. The number of halogens is 1. The number of anilines is 1. The molecule has 1 aromatic heterocycles. The molecule has 180 valence electrons. The lowest BCUT2D eigenvalue weighted by molar-refractivity contribution is -0.127. The third kappa shape index (κ3) is 5.13. The van der Waals surface area contributed by atoms with Crippen LogP contribution in [0.5, 0.6) is 5.75 Å². The summed E-state index contributed by atoms with van der Waals surface area (Å²) in [5.74, 6) is -0.300. The number of hydrogen-bond donors (Lipinski definition) is 1. The van der Waals surface area contributed by atoms with E-state index >= 15 is 0 Å². The predicted molar refractivity (Wildman–Crippen MR) is 139 cm³/mol. The van der Waals surface area contributed by atoms with E-state index < -0.39 is 17.1 Å². The second-order valence-electron chi connectivity index (χ2n) is 8.14. The highest BCUT2D eigenvalue weighted by molar-refractivity contribution is 8.18. The largest absolute Gasteiger partial charge is 0.497 e. The van der Waals surface area contributed by atoms with E-state index in [9.17, 15) is 14.4 Å². The number of ether oxygens (including phenoxy) is 1. The third-order valence-electron chi connectivity index (χ3n) is 5.72. The standard InChI is InChI=1S/C26H24ClN3O4S/c1-15-5-6-19(27)13-22(15)30-16(2)11-18(17(30)3)12-23-25(32)29(26(33)35-23)14-24(31)28-20-7-9-21(34-4)10-8-20/h5-13H,14H2,1-4H3,(H,28,31)/b23-12+. The topological polar surface area (TPSA) is 80.6 Å². The number of benzene rings is 2. The van der Waals surface area contributed by atoms with Crippen LogP contribution in [0.2, 0.25) is 5.02 Å². The fraction of sp³-hybridized carbons (Fsp3) is 0.192. The Bertz CT molecular complexity index is 1360. The highest BCUT2D eigenvalue weighted by atomic mass is 35.5. The molecule has 1 aliphatic heterocycles. The van der Waals surface area contributed by atoms with Crippen LogP contribution in [0.15, 0.2) is 53.4 Å². The van der Waals surface area contributed by atoms with Crippen LogP contribution in [0.3, 0.4) is 0 Å². The Morgan fingerprint density at radius 1 is 1.09 bits per heavy atom. The minimum atomic E-state index is -0.492. The summed E-state index contributed by atoms with van der Waals surface area (Å²) in [5, 5.41) is 2.84. The summed E-state index contributed by atoms with van der Waals surface area (Å²) in [6, 6.07) is 14.4. The zero-order valence-electron chi connectivity index (χ0n) is 19.7. The normalized spacial score (nSPS) is 14.7. The SMILES string of the molecule is COc1ccc(NC(=O)CN2C(=O)S/C(=C/c3cc(C)n(-c4cc(Cl)ccc4C)c3C)C2=O)cc1. The fourth-order valence-corrected chi connectivity index (χ4v) is 4.92. The van der Waals surface area contributed by atoms with Gasteiger partial charge in [0, 0.05) is 27.8 Å². The molecule has 1 fully saturated rings. The first-order valence-electron chi connectivity index (χ1n) is 10.8. The van der Waals surface area contributed by atoms with Gasteiger partial charge in [0.15, 0.2) is 0 Å². The van der Waals surface area contributed by atoms with Gasteiger partial charge in [0.1, 0.15) is 12.3 Å². The molecule has 0 radical (unpaired) electrons. The van der Waals surface area contributed by atoms with Gasteiger partial charge in [-0.15, -0.1) is 0 Å². The Morgan fingerprint density at radius 2 is 1.80 bits per heavy atom. The molecule has 35 heavy (non-hydrogen) atoms. The van der Waals surface area contributed by atoms with E-state index in [1.54, 1.807) is 37.5 Å². The van der Waals surface area contributed by atoms with Gasteiger partial charge in [0.05, 0.1) is 12.0 Å². The second kappa shape index (κ2) is 10.0. The number of carbonyl (C=O) groups is 3. The molecule has 9 heteroatoms. The summed E-state index contributed by atoms with van der Waals surface area (Å²) >= 11 is 7.05. The van der Waals surface area contributed by atoms with Crippen LogP contribution in [0.25, 0.3) is 11.8 Å². The predicted octanol–water partition coefficient (Wildman–Crippen LogP) is 5.74. The number of rotatable bonds is 6.